The van der Waals surface area contributed by atoms with Gasteiger partial charge in [-0.2, -0.15) is 0 Å². The van der Waals surface area contributed by atoms with Gasteiger partial charge in [0.25, 0.3) is 5.91 Å². The minimum absolute atomic E-state index is 0.0325. The highest BCUT2D eigenvalue weighted by atomic mass is 35.5. The van der Waals surface area contributed by atoms with E-state index in [9.17, 15) is 9.90 Å². The normalized spacial score (nSPS) is 19.8. The first-order valence-electron chi connectivity index (χ1n) is 6.57. The number of halogens is 1. The molecule has 0 unspecified atom stereocenters. The van der Waals surface area contributed by atoms with Gasteiger partial charge in [0.15, 0.2) is 0 Å². The monoisotopic (exact) mass is 281 g/mol. The quantitative estimate of drug-likeness (QED) is 0.905. The Labute approximate surface area is 119 Å². The van der Waals surface area contributed by atoms with Gasteiger partial charge in [0.05, 0.1) is 16.2 Å². The van der Waals surface area contributed by atoms with Crippen LogP contribution in [0.25, 0.3) is 0 Å². The third-order valence-electron chi connectivity index (χ3n) is 3.91. The molecule has 2 rings (SSSR count). The molecule has 1 aromatic carbocycles. The molecular weight excluding hydrogens is 262 g/mol. The second-order valence-corrected chi connectivity index (χ2v) is 6.23. The Kier molecular flexibility index (Phi) is 3.88. The Morgan fingerprint density at radius 2 is 2.16 bits per heavy atom. The highest BCUT2D eigenvalue weighted by Crippen LogP contribution is 2.29. The molecule has 0 bridgehead atoms. The number of benzene rings is 1. The summed E-state index contributed by atoms with van der Waals surface area (Å²) in [4.78, 5) is 14.3. The average Bonchev–Trinajstić information content (AvgIpc) is 2.77. The molecular formula is C15H20ClNO2. The summed E-state index contributed by atoms with van der Waals surface area (Å²) in [6, 6.07) is 5.48. The van der Waals surface area contributed by atoms with E-state index in [0.717, 1.165) is 12.0 Å². The molecule has 1 aliphatic rings. The van der Waals surface area contributed by atoms with Gasteiger partial charge >= 0.3 is 0 Å². The molecule has 1 fully saturated rings. The maximum atomic E-state index is 12.5. The van der Waals surface area contributed by atoms with E-state index in [0.29, 0.717) is 23.7 Å². The molecule has 1 N–H and O–H groups in total. The van der Waals surface area contributed by atoms with E-state index in [1.54, 1.807) is 24.8 Å². The minimum Gasteiger partial charge on any atom is -0.390 e. The number of amides is 1. The summed E-state index contributed by atoms with van der Waals surface area (Å²) in [6.45, 7) is 6.76. The SMILES string of the molecule is Cc1cccc(Cl)c1C(=O)N1CC[C@H](C(C)(C)O)C1. The van der Waals surface area contributed by atoms with Gasteiger partial charge in [-0.1, -0.05) is 23.7 Å². The van der Waals surface area contributed by atoms with E-state index in [1.807, 2.05) is 19.1 Å². The van der Waals surface area contributed by atoms with Crippen molar-refractivity contribution in [3.8, 4) is 0 Å². The second-order valence-electron chi connectivity index (χ2n) is 5.82. The second kappa shape index (κ2) is 5.14. The van der Waals surface area contributed by atoms with E-state index in [-0.39, 0.29) is 11.8 Å². The fourth-order valence-corrected chi connectivity index (χ4v) is 2.88. The molecule has 19 heavy (non-hydrogen) atoms. The van der Waals surface area contributed by atoms with Crippen LogP contribution in [0.5, 0.6) is 0 Å². The standard InChI is InChI=1S/C15H20ClNO2/c1-10-5-4-6-12(16)13(10)14(18)17-8-7-11(9-17)15(2,3)19/h4-6,11,19H,7-9H2,1-3H3/t11-/m0/s1. The van der Waals surface area contributed by atoms with Crippen molar-refractivity contribution in [2.45, 2.75) is 32.8 Å². The number of hydrogen-bond donors (Lipinski definition) is 1. The lowest BCUT2D eigenvalue weighted by Gasteiger charge is -2.25. The number of aliphatic hydroxyl groups is 1. The Morgan fingerprint density at radius 1 is 1.47 bits per heavy atom. The lowest BCUT2D eigenvalue weighted by atomic mass is 9.90. The molecule has 0 saturated carbocycles. The van der Waals surface area contributed by atoms with Crippen LogP contribution in [-0.2, 0) is 0 Å². The Hall–Kier alpha value is -1.06. The number of aryl methyl sites for hydroxylation is 1. The van der Waals surface area contributed by atoms with Crippen LogP contribution >= 0.6 is 11.6 Å². The van der Waals surface area contributed by atoms with Gasteiger partial charge < -0.3 is 10.0 Å². The first kappa shape index (κ1) is 14.4. The summed E-state index contributed by atoms with van der Waals surface area (Å²) in [6.07, 6.45) is 0.832. The zero-order chi connectivity index (χ0) is 14.2. The summed E-state index contributed by atoms with van der Waals surface area (Å²) >= 11 is 6.13. The van der Waals surface area contributed by atoms with Gasteiger partial charge in [-0.3, -0.25) is 4.79 Å². The fourth-order valence-electron chi connectivity index (χ4n) is 2.58. The van der Waals surface area contributed by atoms with E-state index in [4.69, 9.17) is 11.6 Å². The van der Waals surface area contributed by atoms with Crippen LogP contribution in [0, 0.1) is 12.8 Å². The van der Waals surface area contributed by atoms with E-state index < -0.39 is 5.60 Å². The van der Waals surface area contributed by atoms with Crippen molar-refractivity contribution in [1.82, 2.24) is 4.90 Å². The summed E-state index contributed by atoms with van der Waals surface area (Å²) < 4.78 is 0. The molecule has 0 aromatic heterocycles. The van der Waals surface area contributed by atoms with Crippen molar-refractivity contribution in [2.75, 3.05) is 13.1 Å². The first-order chi connectivity index (χ1) is 8.80. The van der Waals surface area contributed by atoms with Gasteiger partial charge in [-0.15, -0.1) is 0 Å². The fraction of sp³-hybridized carbons (Fsp3) is 0.533. The summed E-state index contributed by atoms with van der Waals surface area (Å²) in [7, 11) is 0. The van der Waals surface area contributed by atoms with Gasteiger partial charge in [0.1, 0.15) is 0 Å². The number of nitrogens with zero attached hydrogens (tertiary/aromatic N) is 1. The third kappa shape index (κ3) is 2.93. The van der Waals surface area contributed by atoms with Crippen LogP contribution < -0.4 is 0 Å². The zero-order valence-corrected chi connectivity index (χ0v) is 12.4. The molecule has 3 nitrogen and oxygen atoms in total. The molecule has 0 spiro atoms. The number of rotatable bonds is 2. The Bertz CT molecular complexity index is 473. The zero-order valence-electron chi connectivity index (χ0n) is 11.6. The highest BCUT2D eigenvalue weighted by molar-refractivity contribution is 6.34. The Morgan fingerprint density at radius 3 is 2.68 bits per heavy atom. The maximum Gasteiger partial charge on any atom is 0.255 e. The van der Waals surface area contributed by atoms with Crippen molar-refractivity contribution in [3.63, 3.8) is 0 Å². The van der Waals surface area contributed by atoms with Crippen molar-refractivity contribution >= 4 is 17.5 Å². The summed E-state index contributed by atoms with van der Waals surface area (Å²) in [5.74, 6) is 0.0918. The molecule has 104 valence electrons. The van der Waals surface area contributed by atoms with Gasteiger partial charge in [0, 0.05) is 19.0 Å². The predicted octanol–water partition coefficient (Wildman–Crippen LogP) is 2.88. The number of carbonyl (C=O) groups is 1. The van der Waals surface area contributed by atoms with Gasteiger partial charge in [-0.25, -0.2) is 0 Å². The van der Waals surface area contributed by atoms with Crippen molar-refractivity contribution in [2.24, 2.45) is 5.92 Å². The van der Waals surface area contributed by atoms with Crippen LogP contribution in [0.4, 0.5) is 0 Å². The lowest BCUT2D eigenvalue weighted by Crippen LogP contribution is -2.35. The molecule has 0 radical (unpaired) electrons. The van der Waals surface area contributed by atoms with Crippen LogP contribution in [0.15, 0.2) is 18.2 Å². The highest BCUT2D eigenvalue weighted by Gasteiger charge is 2.36. The van der Waals surface area contributed by atoms with E-state index in [1.165, 1.54) is 0 Å². The van der Waals surface area contributed by atoms with Crippen LogP contribution in [0.1, 0.15) is 36.2 Å². The van der Waals surface area contributed by atoms with Crippen LogP contribution in [0.3, 0.4) is 0 Å². The van der Waals surface area contributed by atoms with Gasteiger partial charge in [-0.05, 0) is 38.8 Å². The predicted molar refractivity (Wildman–Crippen MR) is 76.5 cm³/mol. The van der Waals surface area contributed by atoms with Crippen molar-refractivity contribution in [1.29, 1.82) is 0 Å². The average molecular weight is 282 g/mol. The molecule has 1 amide bonds. The molecule has 1 aromatic rings. The van der Waals surface area contributed by atoms with Gasteiger partial charge in [0.2, 0.25) is 0 Å². The van der Waals surface area contributed by atoms with Crippen molar-refractivity contribution in [3.05, 3.63) is 34.3 Å². The number of likely N-dealkylation sites (tertiary alicyclic amines) is 1. The summed E-state index contributed by atoms with van der Waals surface area (Å²) in [5.41, 5.74) is 0.731. The third-order valence-corrected chi connectivity index (χ3v) is 4.23. The van der Waals surface area contributed by atoms with Crippen LogP contribution in [-0.4, -0.2) is 34.6 Å². The first-order valence-corrected chi connectivity index (χ1v) is 6.95. The Balaban J connectivity index is 2.19. The molecule has 0 aliphatic carbocycles. The van der Waals surface area contributed by atoms with Crippen molar-refractivity contribution < 1.29 is 9.90 Å². The van der Waals surface area contributed by atoms with E-state index >= 15 is 0 Å². The molecule has 1 aliphatic heterocycles. The summed E-state index contributed by atoms with van der Waals surface area (Å²) in [5, 5.41) is 10.5. The molecule has 4 heteroatoms. The van der Waals surface area contributed by atoms with E-state index in [2.05, 4.69) is 0 Å². The molecule has 1 saturated heterocycles. The topological polar surface area (TPSA) is 40.5 Å². The lowest BCUT2D eigenvalue weighted by molar-refractivity contribution is 0.0211. The minimum atomic E-state index is -0.745. The molecule has 1 heterocycles. The number of hydrogen-bond acceptors (Lipinski definition) is 2. The molecule has 1 atom stereocenters. The smallest absolute Gasteiger partial charge is 0.255 e. The number of carbonyl (C=O) groups excluding carboxylic acids is 1. The largest absolute Gasteiger partial charge is 0.390 e. The van der Waals surface area contributed by atoms with Crippen LogP contribution in [0.2, 0.25) is 5.02 Å². The maximum absolute atomic E-state index is 12.5.